The molecule has 0 radical (unpaired) electrons. The molecule has 2 saturated carbocycles. The van der Waals surface area contributed by atoms with Crippen molar-refractivity contribution in [2.75, 3.05) is 0 Å². The summed E-state index contributed by atoms with van der Waals surface area (Å²) in [5.41, 5.74) is 2.99. The van der Waals surface area contributed by atoms with Crippen LogP contribution in [0.25, 0.3) is 0 Å². The molecule has 3 aliphatic rings. The van der Waals surface area contributed by atoms with E-state index in [2.05, 4.69) is 19.9 Å². The molecule has 0 aliphatic heterocycles. The molecule has 4 heteroatoms. The number of fused-ring (bicyclic) bond motifs is 5. The van der Waals surface area contributed by atoms with Crippen molar-refractivity contribution in [3.8, 4) is 5.75 Å². The normalized spacial score (nSPS) is 31.7. The van der Waals surface area contributed by atoms with E-state index < -0.39 is 5.97 Å². The van der Waals surface area contributed by atoms with Gasteiger partial charge in [0, 0.05) is 6.42 Å². The second-order valence-electron chi connectivity index (χ2n) is 9.99. The first-order chi connectivity index (χ1) is 14.4. The first kappa shape index (κ1) is 23.1. The summed E-state index contributed by atoms with van der Waals surface area (Å²) < 4.78 is 0. The van der Waals surface area contributed by atoms with Gasteiger partial charge in [-0.25, -0.2) is 0 Å². The Labute approximate surface area is 181 Å². The molecular formula is C26H40O4. The van der Waals surface area contributed by atoms with Gasteiger partial charge >= 0.3 is 5.97 Å². The number of aliphatic hydroxyl groups excluding tert-OH is 1. The summed E-state index contributed by atoms with van der Waals surface area (Å²) in [5.74, 6) is 1.82. The van der Waals surface area contributed by atoms with Gasteiger partial charge in [0.2, 0.25) is 0 Å². The zero-order chi connectivity index (χ0) is 21.7. The number of phenolic OH excluding ortho intramolecular Hbond substituents is 1. The predicted octanol–water partition coefficient (Wildman–Crippen LogP) is 6.04. The van der Waals surface area contributed by atoms with Gasteiger partial charge in [-0.3, -0.25) is 4.79 Å². The average molecular weight is 417 g/mol. The van der Waals surface area contributed by atoms with Crippen LogP contribution in [-0.2, 0) is 11.2 Å². The number of aromatic hydroxyl groups is 1. The summed E-state index contributed by atoms with van der Waals surface area (Å²) in [6.45, 7) is 4.47. The molecule has 0 amide bonds. The third-order valence-electron chi connectivity index (χ3n) is 8.15. The molecule has 4 rings (SSSR count). The lowest BCUT2D eigenvalue weighted by molar-refractivity contribution is -0.137. The topological polar surface area (TPSA) is 77.8 Å². The molecule has 0 aromatic heterocycles. The quantitative estimate of drug-likeness (QED) is 0.494. The second-order valence-corrected chi connectivity index (χ2v) is 9.99. The molecule has 5 atom stereocenters. The molecule has 1 aromatic carbocycles. The first-order valence-electron chi connectivity index (χ1n) is 12.1. The van der Waals surface area contributed by atoms with E-state index in [1.54, 1.807) is 0 Å². The van der Waals surface area contributed by atoms with Crippen molar-refractivity contribution in [2.24, 2.45) is 17.3 Å². The van der Waals surface area contributed by atoms with Crippen molar-refractivity contribution in [3.63, 3.8) is 0 Å². The van der Waals surface area contributed by atoms with Gasteiger partial charge in [0.15, 0.2) is 0 Å². The monoisotopic (exact) mass is 416 g/mol. The molecule has 2 fully saturated rings. The fourth-order valence-electron chi connectivity index (χ4n) is 6.42. The van der Waals surface area contributed by atoms with Gasteiger partial charge in [0.05, 0.1) is 6.10 Å². The van der Waals surface area contributed by atoms with Crippen LogP contribution in [0.3, 0.4) is 0 Å². The van der Waals surface area contributed by atoms with Crippen molar-refractivity contribution in [2.45, 2.75) is 103 Å². The highest BCUT2D eigenvalue weighted by atomic mass is 16.4. The van der Waals surface area contributed by atoms with E-state index in [1.165, 1.54) is 49.7 Å². The van der Waals surface area contributed by atoms with Crippen molar-refractivity contribution in [3.05, 3.63) is 29.3 Å². The van der Waals surface area contributed by atoms with Crippen LogP contribution in [0.2, 0.25) is 0 Å². The smallest absolute Gasteiger partial charge is 0.303 e. The van der Waals surface area contributed by atoms with E-state index in [4.69, 9.17) is 5.11 Å². The average Bonchev–Trinajstić information content (AvgIpc) is 3.02. The van der Waals surface area contributed by atoms with E-state index in [0.29, 0.717) is 24.0 Å². The minimum Gasteiger partial charge on any atom is -0.508 e. The summed E-state index contributed by atoms with van der Waals surface area (Å²) in [5, 5.41) is 28.3. The molecule has 0 saturated heterocycles. The molecule has 0 heterocycles. The maximum absolute atomic E-state index is 10.4. The summed E-state index contributed by atoms with van der Waals surface area (Å²) in [7, 11) is 0. The summed E-state index contributed by atoms with van der Waals surface area (Å²) in [4.78, 5) is 10.0. The lowest BCUT2D eigenvalue weighted by Crippen LogP contribution is -2.43. The molecule has 4 nitrogen and oxygen atoms in total. The van der Waals surface area contributed by atoms with E-state index >= 15 is 0 Å². The van der Waals surface area contributed by atoms with Gasteiger partial charge < -0.3 is 15.3 Å². The lowest BCUT2D eigenvalue weighted by Gasteiger charge is -2.50. The number of aliphatic hydroxyl groups is 1. The van der Waals surface area contributed by atoms with Gasteiger partial charge in [-0.15, -0.1) is 0 Å². The lowest BCUT2D eigenvalue weighted by atomic mass is 9.55. The molecule has 0 spiro atoms. The van der Waals surface area contributed by atoms with Crippen molar-refractivity contribution < 1.29 is 20.1 Å². The van der Waals surface area contributed by atoms with Crippen LogP contribution in [-0.4, -0.2) is 27.4 Å². The maximum atomic E-state index is 10.4. The molecule has 0 unspecified atom stereocenters. The fraction of sp³-hybridized carbons (Fsp3) is 0.731. The highest BCUT2D eigenvalue weighted by Crippen LogP contribution is 2.60. The SMILES string of the molecule is CCCCCCCC(=O)O.C[C@]12CC[C@@H]3c4ccc(O)cc4CC[C@H]3[C@@H]1CC[C@@H]2O. The molecule has 3 aliphatic carbocycles. The number of unbranched alkanes of at least 4 members (excludes halogenated alkanes) is 4. The first-order valence-corrected chi connectivity index (χ1v) is 12.1. The number of phenols is 1. The number of carboxylic acids is 1. The molecule has 1 aromatic rings. The third-order valence-corrected chi connectivity index (χ3v) is 8.15. The number of hydrogen-bond acceptors (Lipinski definition) is 3. The zero-order valence-corrected chi connectivity index (χ0v) is 18.8. The van der Waals surface area contributed by atoms with Crippen LogP contribution in [0, 0.1) is 17.3 Å². The standard InChI is InChI=1S/C18H24O2.C8H16O2/c1-18-9-8-14-13-5-3-12(19)10-11(13)2-4-15(14)16(18)6-7-17(18)20;1-2-3-4-5-6-7-8(9)10/h3,5,10,14-17,19-20H,2,4,6-9H2,1H3;2-7H2,1H3,(H,9,10)/t14-,15-,16+,17+,18+;/m1./s1. The number of benzene rings is 1. The molecule has 168 valence electrons. The summed E-state index contributed by atoms with van der Waals surface area (Å²) in [6.07, 6.45) is 12.7. The van der Waals surface area contributed by atoms with Crippen LogP contribution < -0.4 is 0 Å². The highest BCUT2D eigenvalue weighted by Gasteiger charge is 2.54. The molecule has 3 N–H and O–H groups in total. The van der Waals surface area contributed by atoms with E-state index in [9.17, 15) is 15.0 Å². The van der Waals surface area contributed by atoms with Gasteiger partial charge in [-0.2, -0.15) is 0 Å². The Hall–Kier alpha value is -1.55. The van der Waals surface area contributed by atoms with Crippen LogP contribution in [0.4, 0.5) is 0 Å². The molecule has 0 bridgehead atoms. The van der Waals surface area contributed by atoms with Gasteiger partial charge in [0.25, 0.3) is 0 Å². The Morgan fingerprint density at radius 3 is 2.60 bits per heavy atom. The fourth-order valence-corrected chi connectivity index (χ4v) is 6.42. The molecule has 30 heavy (non-hydrogen) atoms. The number of hydrogen-bond donors (Lipinski definition) is 3. The minimum absolute atomic E-state index is 0.0883. The number of aryl methyl sites for hydroxylation is 1. The summed E-state index contributed by atoms with van der Waals surface area (Å²) >= 11 is 0. The van der Waals surface area contributed by atoms with Crippen molar-refractivity contribution in [1.82, 2.24) is 0 Å². The Kier molecular flexibility index (Phi) is 7.84. The van der Waals surface area contributed by atoms with Crippen LogP contribution >= 0.6 is 0 Å². The maximum Gasteiger partial charge on any atom is 0.303 e. The van der Waals surface area contributed by atoms with Crippen LogP contribution in [0.1, 0.15) is 102 Å². The Balaban J connectivity index is 0.000000220. The van der Waals surface area contributed by atoms with Crippen molar-refractivity contribution in [1.29, 1.82) is 0 Å². The number of carbonyl (C=O) groups is 1. The minimum atomic E-state index is -0.670. The zero-order valence-electron chi connectivity index (χ0n) is 18.8. The Morgan fingerprint density at radius 1 is 1.10 bits per heavy atom. The molecular weight excluding hydrogens is 376 g/mol. The van der Waals surface area contributed by atoms with Gasteiger partial charge in [-0.05, 0) is 91.4 Å². The second kappa shape index (κ2) is 10.2. The largest absolute Gasteiger partial charge is 0.508 e. The number of aliphatic carboxylic acids is 1. The predicted molar refractivity (Wildman–Crippen MR) is 120 cm³/mol. The Bertz CT molecular complexity index is 715. The van der Waals surface area contributed by atoms with Gasteiger partial charge in [0.1, 0.15) is 5.75 Å². The summed E-state index contributed by atoms with van der Waals surface area (Å²) in [6, 6.07) is 5.96. The number of rotatable bonds is 6. The van der Waals surface area contributed by atoms with E-state index in [1.807, 2.05) is 12.1 Å². The Morgan fingerprint density at radius 2 is 1.87 bits per heavy atom. The third kappa shape index (κ3) is 5.01. The highest BCUT2D eigenvalue weighted by molar-refractivity contribution is 5.66. The van der Waals surface area contributed by atoms with Crippen LogP contribution in [0.5, 0.6) is 5.75 Å². The van der Waals surface area contributed by atoms with Crippen molar-refractivity contribution >= 4 is 5.97 Å². The van der Waals surface area contributed by atoms with Gasteiger partial charge in [-0.1, -0.05) is 45.6 Å². The van der Waals surface area contributed by atoms with Crippen LogP contribution in [0.15, 0.2) is 18.2 Å². The number of carboxylic acid groups (broad SMARTS) is 1. The van der Waals surface area contributed by atoms with E-state index in [-0.39, 0.29) is 11.5 Å². The van der Waals surface area contributed by atoms with E-state index in [0.717, 1.165) is 38.0 Å².